The number of hydrogen-bond donors (Lipinski definition) is 1. The number of nitrogens with one attached hydrogen (secondary N) is 1. The molecular weight excluding hydrogens is 264 g/mol. The van der Waals surface area contributed by atoms with Crippen LogP contribution in [0.4, 0.5) is 0 Å². The molecule has 1 aliphatic rings. The van der Waals surface area contributed by atoms with Crippen molar-refractivity contribution in [2.24, 2.45) is 0 Å². The van der Waals surface area contributed by atoms with Crippen molar-refractivity contribution in [3.8, 4) is 0 Å². The summed E-state index contributed by atoms with van der Waals surface area (Å²) in [6.07, 6.45) is 0. The van der Waals surface area contributed by atoms with Crippen LogP contribution in [0.15, 0.2) is 9.00 Å². The van der Waals surface area contributed by atoms with Gasteiger partial charge in [-0.15, -0.1) is 0 Å². The van der Waals surface area contributed by atoms with Gasteiger partial charge in [-0.2, -0.15) is 4.31 Å². The van der Waals surface area contributed by atoms with E-state index in [-0.39, 0.29) is 15.1 Å². The zero-order chi connectivity index (χ0) is 12.6. The fourth-order valence-electron chi connectivity index (χ4n) is 1.81. The van der Waals surface area contributed by atoms with Crippen molar-refractivity contribution in [1.82, 2.24) is 9.29 Å². The molecule has 1 aliphatic heterocycles. The number of hydrogen-bond acceptors (Lipinski definition) is 5. The quantitative estimate of drug-likeness (QED) is 0.835. The highest BCUT2D eigenvalue weighted by Gasteiger charge is 2.34. The van der Waals surface area contributed by atoms with Gasteiger partial charge in [-0.3, -0.25) is 4.79 Å². The molecule has 0 saturated carbocycles. The van der Waals surface area contributed by atoms with E-state index in [1.165, 1.54) is 4.31 Å². The number of thiazole rings is 1. The molecule has 1 unspecified atom stereocenters. The zero-order valence-electron chi connectivity index (χ0n) is 9.60. The van der Waals surface area contributed by atoms with Crippen LogP contribution < -0.4 is 4.87 Å². The van der Waals surface area contributed by atoms with Crippen LogP contribution in [0.5, 0.6) is 0 Å². The largest absolute Gasteiger partial charge is 0.378 e. The average Bonchev–Trinajstić information content (AvgIpc) is 2.59. The molecule has 1 fully saturated rings. The molecule has 1 saturated heterocycles. The van der Waals surface area contributed by atoms with E-state index >= 15 is 0 Å². The Kier molecular flexibility index (Phi) is 3.39. The lowest BCUT2D eigenvalue weighted by Gasteiger charge is -2.31. The highest BCUT2D eigenvalue weighted by molar-refractivity contribution is 7.91. The number of H-pyrrole nitrogens is 1. The number of morpholine rings is 1. The molecule has 0 bridgehead atoms. The predicted molar refractivity (Wildman–Crippen MR) is 63.8 cm³/mol. The molecule has 0 aromatic carbocycles. The molecule has 1 atom stereocenters. The maximum absolute atomic E-state index is 12.4. The summed E-state index contributed by atoms with van der Waals surface area (Å²) in [6, 6.07) is -0.203. The summed E-state index contributed by atoms with van der Waals surface area (Å²) in [5.41, 5.74) is 0.402. The Labute approximate surface area is 103 Å². The van der Waals surface area contributed by atoms with Gasteiger partial charge in [0.2, 0.25) is 0 Å². The van der Waals surface area contributed by atoms with Crippen molar-refractivity contribution in [3.63, 3.8) is 0 Å². The van der Waals surface area contributed by atoms with Crippen molar-refractivity contribution >= 4 is 21.4 Å². The first-order chi connectivity index (χ1) is 7.93. The summed E-state index contributed by atoms with van der Waals surface area (Å²) in [7, 11) is -3.58. The van der Waals surface area contributed by atoms with Crippen LogP contribution >= 0.6 is 11.3 Å². The number of rotatable bonds is 2. The first kappa shape index (κ1) is 12.7. The van der Waals surface area contributed by atoms with Gasteiger partial charge in [0, 0.05) is 18.3 Å². The van der Waals surface area contributed by atoms with E-state index in [1.807, 2.05) is 0 Å². The Morgan fingerprint density at radius 3 is 2.76 bits per heavy atom. The van der Waals surface area contributed by atoms with Crippen LogP contribution in [0.2, 0.25) is 0 Å². The molecule has 8 heteroatoms. The maximum Gasteiger partial charge on any atom is 0.305 e. The van der Waals surface area contributed by atoms with Crippen molar-refractivity contribution in [1.29, 1.82) is 0 Å². The van der Waals surface area contributed by atoms with E-state index in [2.05, 4.69) is 4.98 Å². The van der Waals surface area contributed by atoms with Gasteiger partial charge in [0.1, 0.15) is 0 Å². The smallest absolute Gasteiger partial charge is 0.305 e. The van der Waals surface area contributed by atoms with E-state index < -0.39 is 10.0 Å². The van der Waals surface area contributed by atoms with Gasteiger partial charge in [0.05, 0.1) is 13.2 Å². The predicted octanol–water partition coefficient (Wildman–Crippen LogP) is 0.154. The van der Waals surface area contributed by atoms with Crippen molar-refractivity contribution in [2.45, 2.75) is 24.1 Å². The third-order valence-corrected chi connectivity index (χ3v) is 6.23. The highest BCUT2D eigenvalue weighted by atomic mass is 32.2. The molecule has 1 aromatic heterocycles. The lowest BCUT2D eigenvalue weighted by molar-refractivity contribution is 0.0393. The second-order valence-corrected chi connectivity index (χ2v) is 7.04. The number of sulfonamides is 1. The molecule has 0 radical (unpaired) electrons. The minimum atomic E-state index is -3.58. The van der Waals surface area contributed by atoms with Crippen molar-refractivity contribution in [3.05, 3.63) is 15.4 Å². The second kappa shape index (κ2) is 4.52. The molecule has 0 spiro atoms. The number of nitrogens with zero attached hydrogens (tertiary/aromatic N) is 1. The lowest BCUT2D eigenvalue weighted by atomic mass is 10.3. The van der Waals surface area contributed by atoms with Gasteiger partial charge >= 0.3 is 4.87 Å². The Bertz CT molecular complexity index is 560. The third kappa shape index (κ3) is 2.30. The Hall–Kier alpha value is -0.700. The van der Waals surface area contributed by atoms with Crippen LogP contribution in [0, 0.1) is 6.92 Å². The summed E-state index contributed by atoms with van der Waals surface area (Å²) < 4.78 is 31.4. The summed E-state index contributed by atoms with van der Waals surface area (Å²) in [4.78, 5) is 13.3. The number of aromatic nitrogens is 1. The van der Waals surface area contributed by atoms with Crippen molar-refractivity contribution < 1.29 is 13.2 Å². The van der Waals surface area contributed by atoms with Crippen LogP contribution in [0.1, 0.15) is 12.6 Å². The van der Waals surface area contributed by atoms with Gasteiger partial charge in [0.25, 0.3) is 10.0 Å². The Morgan fingerprint density at radius 2 is 2.24 bits per heavy atom. The molecular formula is C9H14N2O4S2. The summed E-state index contributed by atoms with van der Waals surface area (Å²) in [6.45, 7) is 4.49. The first-order valence-corrected chi connectivity index (χ1v) is 7.48. The van der Waals surface area contributed by atoms with E-state index in [0.29, 0.717) is 25.5 Å². The summed E-state index contributed by atoms with van der Waals surface area (Å²) in [5, 5.41) is 0. The number of aromatic amines is 1. The van der Waals surface area contributed by atoms with E-state index in [0.717, 1.165) is 11.3 Å². The molecule has 2 heterocycles. The minimum absolute atomic E-state index is 0.108. The van der Waals surface area contributed by atoms with Crippen LogP contribution in [-0.2, 0) is 14.8 Å². The normalized spacial score (nSPS) is 22.8. The third-order valence-electron chi connectivity index (χ3n) is 2.63. The first-order valence-electron chi connectivity index (χ1n) is 5.22. The lowest BCUT2D eigenvalue weighted by Crippen LogP contribution is -2.46. The van der Waals surface area contributed by atoms with Gasteiger partial charge in [0.15, 0.2) is 4.21 Å². The zero-order valence-corrected chi connectivity index (χ0v) is 11.2. The molecule has 96 valence electrons. The molecule has 0 amide bonds. The molecule has 1 N–H and O–H groups in total. The molecule has 1 aromatic rings. The topological polar surface area (TPSA) is 79.5 Å². The van der Waals surface area contributed by atoms with Gasteiger partial charge < -0.3 is 9.72 Å². The second-order valence-electron chi connectivity index (χ2n) is 3.97. The van der Waals surface area contributed by atoms with Crippen molar-refractivity contribution in [2.75, 3.05) is 19.8 Å². The SMILES string of the molecule is Cc1[nH]c(=O)sc1S(=O)(=O)N1CCOCC1C. The number of aryl methyl sites for hydroxylation is 1. The Morgan fingerprint density at radius 1 is 1.53 bits per heavy atom. The monoisotopic (exact) mass is 278 g/mol. The van der Waals surface area contributed by atoms with E-state index in [9.17, 15) is 13.2 Å². The summed E-state index contributed by atoms with van der Waals surface area (Å²) in [5.74, 6) is 0. The van der Waals surface area contributed by atoms with Gasteiger partial charge in [-0.1, -0.05) is 11.3 Å². The molecule has 17 heavy (non-hydrogen) atoms. The van der Waals surface area contributed by atoms with Crippen LogP contribution in [-0.4, -0.2) is 43.5 Å². The minimum Gasteiger partial charge on any atom is -0.378 e. The molecule has 2 rings (SSSR count). The highest BCUT2D eigenvalue weighted by Crippen LogP contribution is 2.24. The fraction of sp³-hybridized carbons (Fsp3) is 0.667. The van der Waals surface area contributed by atoms with Gasteiger partial charge in [-0.05, 0) is 13.8 Å². The molecule has 6 nitrogen and oxygen atoms in total. The average molecular weight is 278 g/mol. The van der Waals surface area contributed by atoms with Crippen LogP contribution in [0.3, 0.4) is 0 Å². The maximum atomic E-state index is 12.4. The van der Waals surface area contributed by atoms with Crippen LogP contribution in [0.25, 0.3) is 0 Å². The molecule has 0 aliphatic carbocycles. The van der Waals surface area contributed by atoms with E-state index in [4.69, 9.17) is 4.74 Å². The summed E-state index contributed by atoms with van der Waals surface area (Å²) >= 11 is 0.735. The van der Waals surface area contributed by atoms with Gasteiger partial charge in [-0.25, -0.2) is 8.42 Å². The van der Waals surface area contributed by atoms with E-state index in [1.54, 1.807) is 13.8 Å². The standard InChI is InChI=1S/C9H14N2O4S2/c1-6-5-15-4-3-11(6)17(13,14)8-7(2)10-9(12)16-8/h6H,3-5H2,1-2H3,(H,10,12). The Balaban J connectivity index is 2.42. The number of ether oxygens (including phenoxy) is 1. The fourth-order valence-corrected chi connectivity index (χ4v) is 4.82.